The van der Waals surface area contributed by atoms with Crippen molar-refractivity contribution < 1.29 is 13.9 Å². The third kappa shape index (κ3) is 2.39. The molecule has 0 saturated heterocycles. The van der Waals surface area contributed by atoms with E-state index in [2.05, 4.69) is 5.32 Å². The highest BCUT2D eigenvalue weighted by Crippen LogP contribution is 2.23. The first kappa shape index (κ1) is 9.92. The normalized spacial score (nSPS) is 12.8. The fourth-order valence-electron chi connectivity index (χ4n) is 1.06. The van der Waals surface area contributed by atoms with Crippen LogP contribution in [0.5, 0.6) is 5.75 Å². The molecule has 0 aliphatic rings. The molecule has 1 aromatic rings. The molecule has 1 aromatic carbocycles. The summed E-state index contributed by atoms with van der Waals surface area (Å²) >= 11 is 0. The lowest BCUT2D eigenvalue weighted by Gasteiger charge is -2.08. The predicted molar refractivity (Wildman–Crippen MR) is 45.8 cm³/mol. The van der Waals surface area contributed by atoms with Gasteiger partial charge in [-0.3, -0.25) is 0 Å². The lowest BCUT2D eigenvalue weighted by molar-refractivity contribution is 0.324. The summed E-state index contributed by atoms with van der Waals surface area (Å²) in [6.45, 7) is 0.0572. The summed E-state index contributed by atoms with van der Waals surface area (Å²) in [5, 5.41) is 11.5. The van der Waals surface area contributed by atoms with Crippen molar-refractivity contribution in [3.8, 4) is 5.75 Å². The van der Waals surface area contributed by atoms with Crippen LogP contribution in [0.4, 0.5) is 8.78 Å². The third-order valence-corrected chi connectivity index (χ3v) is 1.70. The molecular formula is C9H11F2NO. The molecule has 0 amide bonds. The van der Waals surface area contributed by atoms with Crippen LogP contribution in [0.2, 0.25) is 0 Å². The van der Waals surface area contributed by atoms with E-state index in [9.17, 15) is 8.78 Å². The van der Waals surface area contributed by atoms with Crippen LogP contribution >= 0.6 is 0 Å². The Morgan fingerprint density at radius 3 is 2.77 bits per heavy atom. The van der Waals surface area contributed by atoms with Gasteiger partial charge in [0.05, 0.1) is 0 Å². The monoisotopic (exact) mass is 187 g/mol. The number of phenols is 1. The number of likely N-dealkylation sites (N-methyl/N-ethyl adjacent to an activating group) is 1. The van der Waals surface area contributed by atoms with Gasteiger partial charge in [0, 0.05) is 18.2 Å². The van der Waals surface area contributed by atoms with Gasteiger partial charge >= 0.3 is 0 Å². The average molecular weight is 187 g/mol. The van der Waals surface area contributed by atoms with E-state index in [0.29, 0.717) is 0 Å². The standard InChI is InChI=1S/C9H11F2NO/c1-12-5-9(11)7-3-2-6(13)4-8(7)10/h2-4,9,12-13H,5H2,1H3. The molecule has 72 valence electrons. The zero-order chi connectivity index (χ0) is 9.84. The van der Waals surface area contributed by atoms with E-state index in [0.717, 1.165) is 6.07 Å². The van der Waals surface area contributed by atoms with Crippen LogP contribution in [-0.4, -0.2) is 18.7 Å². The molecule has 0 radical (unpaired) electrons. The van der Waals surface area contributed by atoms with E-state index in [1.165, 1.54) is 12.1 Å². The van der Waals surface area contributed by atoms with Crippen LogP contribution in [-0.2, 0) is 0 Å². The smallest absolute Gasteiger partial charge is 0.140 e. The fraction of sp³-hybridized carbons (Fsp3) is 0.333. The van der Waals surface area contributed by atoms with Crippen molar-refractivity contribution in [2.45, 2.75) is 6.17 Å². The highest BCUT2D eigenvalue weighted by Gasteiger charge is 2.13. The van der Waals surface area contributed by atoms with Crippen molar-refractivity contribution in [3.63, 3.8) is 0 Å². The van der Waals surface area contributed by atoms with Gasteiger partial charge in [-0.25, -0.2) is 8.78 Å². The van der Waals surface area contributed by atoms with E-state index in [1.54, 1.807) is 7.05 Å². The minimum Gasteiger partial charge on any atom is -0.508 e. The molecule has 13 heavy (non-hydrogen) atoms. The van der Waals surface area contributed by atoms with Gasteiger partial charge in [0.1, 0.15) is 17.7 Å². The van der Waals surface area contributed by atoms with Gasteiger partial charge in [0.15, 0.2) is 0 Å². The second kappa shape index (κ2) is 4.18. The number of aromatic hydroxyl groups is 1. The molecule has 0 saturated carbocycles. The topological polar surface area (TPSA) is 32.3 Å². The second-order valence-electron chi connectivity index (χ2n) is 2.73. The Morgan fingerprint density at radius 1 is 1.54 bits per heavy atom. The summed E-state index contributed by atoms with van der Waals surface area (Å²) in [4.78, 5) is 0. The lowest BCUT2D eigenvalue weighted by atomic mass is 10.1. The molecule has 0 fully saturated rings. The molecule has 0 aromatic heterocycles. The molecule has 0 heterocycles. The Morgan fingerprint density at radius 2 is 2.23 bits per heavy atom. The highest BCUT2D eigenvalue weighted by atomic mass is 19.1. The number of nitrogens with one attached hydrogen (secondary N) is 1. The molecule has 0 aliphatic heterocycles. The fourth-order valence-corrected chi connectivity index (χ4v) is 1.06. The number of rotatable bonds is 3. The molecule has 1 unspecified atom stereocenters. The Labute approximate surface area is 75.2 Å². The summed E-state index contributed by atoms with van der Waals surface area (Å²) < 4.78 is 26.1. The average Bonchev–Trinajstić information content (AvgIpc) is 2.04. The van der Waals surface area contributed by atoms with E-state index < -0.39 is 12.0 Å². The molecule has 2 N–H and O–H groups in total. The maximum absolute atomic E-state index is 13.1. The summed E-state index contributed by atoms with van der Waals surface area (Å²) in [6.07, 6.45) is -1.38. The lowest BCUT2D eigenvalue weighted by Crippen LogP contribution is -2.14. The van der Waals surface area contributed by atoms with Gasteiger partial charge in [-0.15, -0.1) is 0 Å². The predicted octanol–water partition coefficient (Wildman–Crippen LogP) is 1.76. The molecular weight excluding hydrogens is 176 g/mol. The van der Waals surface area contributed by atoms with Gasteiger partial charge < -0.3 is 10.4 Å². The van der Waals surface area contributed by atoms with E-state index in [-0.39, 0.29) is 17.9 Å². The summed E-state index contributed by atoms with van der Waals surface area (Å²) in [5.74, 6) is -0.916. The van der Waals surface area contributed by atoms with Crippen LogP contribution < -0.4 is 5.32 Å². The third-order valence-electron chi connectivity index (χ3n) is 1.70. The van der Waals surface area contributed by atoms with Crippen molar-refractivity contribution in [2.75, 3.05) is 13.6 Å². The SMILES string of the molecule is CNCC(F)c1ccc(O)cc1F. The van der Waals surface area contributed by atoms with Gasteiger partial charge in [0.2, 0.25) is 0 Å². The van der Waals surface area contributed by atoms with Crippen molar-refractivity contribution >= 4 is 0 Å². The van der Waals surface area contributed by atoms with E-state index >= 15 is 0 Å². The van der Waals surface area contributed by atoms with Gasteiger partial charge in [-0.2, -0.15) is 0 Å². The van der Waals surface area contributed by atoms with E-state index in [1.807, 2.05) is 0 Å². The maximum Gasteiger partial charge on any atom is 0.140 e. The largest absolute Gasteiger partial charge is 0.508 e. The number of alkyl halides is 1. The van der Waals surface area contributed by atoms with Crippen LogP contribution in [0.15, 0.2) is 18.2 Å². The zero-order valence-corrected chi connectivity index (χ0v) is 7.22. The van der Waals surface area contributed by atoms with Crippen LogP contribution in [0.3, 0.4) is 0 Å². The number of hydrogen-bond donors (Lipinski definition) is 2. The Balaban J connectivity index is 2.88. The second-order valence-corrected chi connectivity index (χ2v) is 2.73. The number of halogens is 2. The summed E-state index contributed by atoms with van der Waals surface area (Å²) in [5.41, 5.74) is -0.0350. The van der Waals surface area contributed by atoms with Crippen LogP contribution in [0, 0.1) is 5.82 Å². The quantitative estimate of drug-likeness (QED) is 0.755. The minimum atomic E-state index is -1.38. The first-order valence-electron chi connectivity index (χ1n) is 3.92. The molecule has 1 atom stereocenters. The van der Waals surface area contributed by atoms with Crippen molar-refractivity contribution in [1.29, 1.82) is 0 Å². The Hall–Kier alpha value is -1.16. The van der Waals surface area contributed by atoms with Crippen molar-refractivity contribution in [1.82, 2.24) is 5.32 Å². The molecule has 4 heteroatoms. The van der Waals surface area contributed by atoms with Gasteiger partial charge in [0.25, 0.3) is 0 Å². The zero-order valence-electron chi connectivity index (χ0n) is 7.22. The summed E-state index contributed by atoms with van der Waals surface area (Å²) in [7, 11) is 1.59. The molecule has 1 rings (SSSR count). The summed E-state index contributed by atoms with van der Waals surface area (Å²) in [6, 6.07) is 3.41. The van der Waals surface area contributed by atoms with Crippen molar-refractivity contribution in [2.24, 2.45) is 0 Å². The van der Waals surface area contributed by atoms with Crippen LogP contribution in [0.25, 0.3) is 0 Å². The Bertz CT molecular complexity index is 291. The molecule has 0 spiro atoms. The molecule has 2 nitrogen and oxygen atoms in total. The van der Waals surface area contributed by atoms with E-state index in [4.69, 9.17) is 5.11 Å². The maximum atomic E-state index is 13.1. The number of phenolic OH excluding ortho intramolecular Hbond substituents is 1. The first-order valence-corrected chi connectivity index (χ1v) is 3.92. The highest BCUT2D eigenvalue weighted by molar-refractivity contribution is 5.29. The van der Waals surface area contributed by atoms with Crippen LogP contribution in [0.1, 0.15) is 11.7 Å². The molecule has 0 aliphatic carbocycles. The number of hydrogen-bond acceptors (Lipinski definition) is 2. The van der Waals surface area contributed by atoms with Gasteiger partial charge in [-0.1, -0.05) is 0 Å². The van der Waals surface area contributed by atoms with Crippen molar-refractivity contribution in [3.05, 3.63) is 29.6 Å². The number of benzene rings is 1. The molecule has 0 bridgehead atoms. The van der Waals surface area contributed by atoms with Gasteiger partial charge in [-0.05, 0) is 19.2 Å². The first-order chi connectivity index (χ1) is 6.15. The minimum absolute atomic E-state index is 0.0350. The Kier molecular flexibility index (Phi) is 3.19.